The van der Waals surface area contributed by atoms with E-state index in [1.165, 1.54) is 13.0 Å². The zero-order valence-electron chi connectivity index (χ0n) is 14.6. The third-order valence-corrected chi connectivity index (χ3v) is 3.63. The lowest BCUT2D eigenvalue weighted by molar-refractivity contribution is -0.130. The van der Waals surface area contributed by atoms with Crippen molar-refractivity contribution in [2.24, 2.45) is 0 Å². The first kappa shape index (κ1) is 19.2. The minimum Gasteiger partial charge on any atom is -0.451 e. The lowest BCUT2D eigenvalue weighted by atomic mass is 10.1. The summed E-state index contributed by atoms with van der Waals surface area (Å²) in [7, 11) is 0. The first-order valence-corrected chi connectivity index (χ1v) is 8.28. The third kappa shape index (κ3) is 4.92. The van der Waals surface area contributed by atoms with E-state index in [-0.39, 0.29) is 11.6 Å². The number of rotatable bonds is 7. The molecule has 2 amide bonds. The van der Waals surface area contributed by atoms with Gasteiger partial charge in [0, 0.05) is 11.9 Å². The monoisotopic (exact) mass is 359 g/mol. The number of aromatic nitrogens is 1. The van der Waals surface area contributed by atoms with Gasteiger partial charge in [0.15, 0.2) is 6.61 Å². The maximum Gasteiger partial charge on any atom is 0.355 e. The molecule has 0 saturated heterocycles. The predicted octanol–water partition coefficient (Wildman–Crippen LogP) is 0.716. The van der Waals surface area contributed by atoms with E-state index in [0.29, 0.717) is 17.3 Å². The second-order valence-corrected chi connectivity index (χ2v) is 5.76. The summed E-state index contributed by atoms with van der Waals surface area (Å²) < 4.78 is 4.90. The van der Waals surface area contributed by atoms with Crippen LogP contribution < -0.4 is 16.2 Å². The van der Waals surface area contributed by atoms with Gasteiger partial charge in [-0.1, -0.05) is 25.1 Å². The Labute approximate surface area is 149 Å². The maximum absolute atomic E-state index is 12.1. The van der Waals surface area contributed by atoms with Crippen LogP contribution in [-0.2, 0) is 14.3 Å². The normalized spacial score (nSPS) is 11.6. The fourth-order valence-corrected chi connectivity index (χ4v) is 2.28. The number of nitrogens with one attached hydrogen (secondary N) is 3. The molecule has 1 heterocycles. The third-order valence-electron chi connectivity index (χ3n) is 3.63. The molecule has 0 radical (unpaired) electrons. The number of hydrogen-bond donors (Lipinski definition) is 3. The largest absolute Gasteiger partial charge is 0.451 e. The van der Waals surface area contributed by atoms with Gasteiger partial charge in [-0.25, -0.2) is 4.79 Å². The van der Waals surface area contributed by atoms with E-state index in [9.17, 15) is 19.2 Å². The number of pyridine rings is 1. The molecule has 0 aliphatic heterocycles. The summed E-state index contributed by atoms with van der Waals surface area (Å²) in [5, 5.41) is 6.13. The van der Waals surface area contributed by atoms with Crippen molar-refractivity contribution in [1.29, 1.82) is 0 Å². The highest BCUT2D eigenvalue weighted by Gasteiger charge is 2.17. The van der Waals surface area contributed by atoms with Gasteiger partial charge in [0.05, 0.1) is 0 Å². The highest BCUT2D eigenvalue weighted by molar-refractivity contribution is 5.94. The summed E-state index contributed by atoms with van der Waals surface area (Å²) in [6.45, 7) is 3.41. The molecule has 3 N–H and O–H groups in total. The number of esters is 1. The van der Waals surface area contributed by atoms with Gasteiger partial charge in [-0.2, -0.15) is 0 Å². The molecule has 0 saturated carbocycles. The van der Waals surface area contributed by atoms with E-state index in [4.69, 9.17) is 4.74 Å². The molecular formula is C18H21N3O5. The van der Waals surface area contributed by atoms with Crippen molar-refractivity contribution >= 4 is 28.6 Å². The molecule has 0 fully saturated rings. The molecule has 138 valence electrons. The lowest BCUT2D eigenvalue weighted by Gasteiger charge is -2.13. The standard InChI is InChI=1S/C18H21N3O5/c1-3-8-19-16(23)11(2)20-15(22)10-26-18(25)14-9-12-6-4-5-7-13(12)17(24)21-14/h4-7,9,11H,3,8,10H2,1-2H3,(H,19,23)(H,20,22)(H,21,24)/t11-/m1/s1. The average Bonchev–Trinajstić information content (AvgIpc) is 2.64. The van der Waals surface area contributed by atoms with E-state index in [0.717, 1.165) is 6.42 Å². The minimum atomic E-state index is -0.828. The molecule has 8 heteroatoms. The second-order valence-electron chi connectivity index (χ2n) is 5.76. The van der Waals surface area contributed by atoms with Crippen LogP contribution in [0, 0.1) is 0 Å². The number of aromatic amines is 1. The smallest absolute Gasteiger partial charge is 0.355 e. The molecule has 1 aromatic carbocycles. The molecule has 8 nitrogen and oxygen atoms in total. The minimum absolute atomic E-state index is 0.0461. The van der Waals surface area contributed by atoms with Crippen molar-refractivity contribution in [3.05, 3.63) is 46.4 Å². The topological polar surface area (TPSA) is 117 Å². The van der Waals surface area contributed by atoms with Gasteiger partial charge >= 0.3 is 5.97 Å². The number of fused-ring (bicyclic) bond motifs is 1. The molecule has 1 aromatic heterocycles. The van der Waals surface area contributed by atoms with E-state index in [2.05, 4.69) is 15.6 Å². The number of ether oxygens (including phenoxy) is 1. The highest BCUT2D eigenvalue weighted by Crippen LogP contribution is 2.10. The van der Waals surface area contributed by atoms with Crippen LogP contribution in [0.5, 0.6) is 0 Å². The molecule has 2 aromatic rings. The Balaban J connectivity index is 1.93. The maximum atomic E-state index is 12.1. The Morgan fingerprint density at radius 1 is 1.23 bits per heavy atom. The van der Waals surface area contributed by atoms with Crippen LogP contribution in [0.3, 0.4) is 0 Å². The lowest BCUT2D eigenvalue weighted by Crippen LogP contribution is -2.46. The molecule has 0 bridgehead atoms. The van der Waals surface area contributed by atoms with Crippen LogP contribution in [-0.4, -0.2) is 42.0 Å². The first-order chi connectivity index (χ1) is 12.4. The van der Waals surface area contributed by atoms with Crippen molar-refractivity contribution in [3.63, 3.8) is 0 Å². The number of benzene rings is 1. The number of carbonyl (C=O) groups excluding carboxylic acids is 3. The average molecular weight is 359 g/mol. The van der Waals surface area contributed by atoms with Crippen molar-refractivity contribution in [1.82, 2.24) is 15.6 Å². The molecular weight excluding hydrogens is 338 g/mol. The summed E-state index contributed by atoms with van der Waals surface area (Å²) in [5.74, 6) is -1.75. The fourth-order valence-electron chi connectivity index (χ4n) is 2.28. The number of H-pyrrole nitrogens is 1. The number of hydrogen-bond acceptors (Lipinski definition) is 5. The van der Waals surface area contributed by atoms with Gasteiger partial charge in [-0.3, -0.25) is 14.4 Å². The van der Waals surface area contributed by atoms with Crippen LogP contribution in [0.2, 0.25) is 0 Å². The van der Waals surface area contributed by atoms with E-state index < -0.39 is 30.1 Å². The Morgan fingerprint density at radius 3 is 2.69 bits per heavy atom. The summed E-state index contributed by atoms with van der Waals surface area (Å²) >= 11 is 0. The molecule has 2 rings (SSSR count). The second kappa shape index (κ2) is 8.80. The van der Waals surface area contributed by atoms with E-state index in [1.807, 2.05) is 6.92 Å². The highest BCUT2D eigenvalue weighted by atomic mass is 16.5. The molecule has 0 spiro atoms. The SMILES string of the molecule is CCCNC(=O)[C@@H](C)NC(=O)COC(=O)c1cc2ccccc2c(=O)[nH]1. The van der Waals surface area contributed by atoms with Gasteiger partial charge in [0.25, 0.3) is 11.5 Å². The van der Waals surface area contributed by atoms with Gasteiger partial charge in [-0.15, -0.1) is 0 Å². The van der Waals surface area contributed by atoms with E-state index in [1.54, 1.807) is 24.3 Å². The summed E-state index contributed by atoms with van der Waals surface area (Å²) in [5.41, 5.74) is -0.462. The van der Waals surface area contributed by atoms with Crippen LogP contribution in [0.25, 0.3) is 10.8 Å². The molecule has 1 atom stereocenters. The van der Waals surface area contributed by atoms with Gasteiger partial charge < -0.3 is 20.4 Å². The predicted molar refractivity (Wildman–Crippen MR) is 95.8 cm³/mol. The zero-order chi connectivity index (χ0) is 19.1. The zero-order valence-corrected chi connectivity index (χ0v) is 14.6. The van der Waals surface area contributed by atoms with Crippen molar-refractivity contribution in [2.45, 2.75) is 26.3 Å². The molecule has 0 aliphatic carbocycles. The Bertz CT molecular complexity index is 875. The van der Waals surface area contributed by atoms with Crippen LogP contribution in [0.4, 0.5) is 0 Å². The van der Waals surface area contributed by atoms with Crippen molar-refractivity contribution in [3.8, 4) is 0 Å². The van der Waals surface area contributed by atoms with Crippen molar-refractivity contribution < 1.29 is 19.1 Å². The van der Waals surface area contributed by atoms with Gasteiger partial charge in [0.2, 0.25) is 5.91 Å². The Morgan fingerprint density at radius 2 is 1.96 bits per heavy atom. The molecule has 0 unspecified atom stereocenters. The van der Waals surface area contributed by atoms with Crippen LogP contribution >= 0.6 is 0 Å². The number of amides is 2. The summed E-state index contributed by atoms with van der Waals surface area (Å²) in [4.78, 5) is 49.9. The Hall–Kier alpha value is -3.16. The molecule has 26 heavy (non-hydrogen) atoms. The number of carbonyl (C=O) groups is 3. The first-order valence-electron chi connectivity index (χ1n) is 8.28. The van der Waals surface area contributed by atoms with Gasteiger partial charge in [0.1, 0.15) is 11.7 Å². The summed E-state index contributed by atoms with van der Waals surface area (Å²) in [6, 6.07) is 7.55. The fraction of sp³-hybridized carbons (Fsp3) is 0.333. The molecule has 0 aliphatic rings. The van der Waals surface area contributed by atoms with Crippen molar-refractivity contribution in [2.75, 3.05) is 13.2 Å². The van der Waals surface area contributed by atoms with Crippen LogP contribution in [0.1, 0.15) is 30.8 Å². The van der Waals surface area contributed by atoms with Gasteiger partial charge in [-0.05, 0) is 30.9 Å². The van der Waals surface area contributed by atoms with Crippen LogP contribution in [0.15, 0.2) is 35.1 Å². The Kier molecular flexibility index (Phi) is 6.48. The summed E-state index contributed by atoms with van der Waals surface area (Å²) in [6.07, 6.45) is 0.786. The van der Waals surface area contributed by atoms with E-state index >= 15 is 0 Å². The quantitative estimate of drug-likeness (QED) is 0.630.